The van der Waals surface area contributed by atoms with Gasteiger partial charge in [-0.05, 0) is 62.2 Å². The van der Waals surface area contributed by atoms with Crippen LogP contribution in [0.15, 0.2) is 11.4 Å². The predicted octanol–water partition coefficient (Wildman–Crippen LogP) is 3.62. The molecule has 1 N–H and O–H groups in total. The summed E-state index contributed by atoms with van der Waals surface area (Å²) in [6.45, 7) is 9.04. The Bertz CT molecular complexity index is 265. The van der Waals surface area contributed by atoms with E-state index in [0.29, 0.717) is 0 Å². The van der Waals surface area contributed by atoms with E-state index in [4.69, 9.17) is 0 Å². The van der Waals surface area contributed by atoms with Gasteiger partial charge in [0, 0.05) is 4.88 Å². The van der Waals surface area contributed by atoms with Crippen LogP contribution in [0.3, 0.4) is 0 Å². The highest BCUT2D eigenvalue weighted by Gasteiger charge is 1.99. The summed E-state index contributed by atoms with van der Waals surface area (Å²) in [6, 6.07) is 2.22. The molecule has 0 aliphatic rings. The van der Waals surface area contributed by atoms with Crippen molar-refractivity contribution in [2.24, 2.45) is 5.92 Å². The van der Waals surface area contributed by atoms with Crippen molar-refractivity contribution in [3.05, 3.63) is 21.9 Å². The van der Waals surface area contributed by atoms with E-state index in [9.17, 15) is 0 Å². The zero-order valence-corrected chi connectivity index (χ0v) is 11.0. The fourth-order valence-corrected chi connectivity index (χ4v) is 2.54. The molecule has 1 aromatic heterocycles. The fourth-order valence-electron chi connectivity index (χ4n) is 1.59. The molecule has 0 unspecified atom stereocenters. The Morgan fingerprint density at radius 2 is 2.13 bits per heavy atom. The highest BCUT2D eigenvalue weighted by atomic mass is 32.1. The van der Waals surface area contributed by atoms with Gasteiger partial charge in [0.05, 0.1) is 0 Å². The van der Waals surface area contributed by atoms with Gasteiger partial charge in [0.2, 0.25) is 0 Å². The number of rotatable bonds is 7. The molecule has 1 nitrogen and oxygen atoms in total. The van der Waals surface area contributed by atoms with Gasteiger partial charge in [0.15, 0.2) is 0 Å². The fraction of sp³-hybridized carbons (Fsp3) is 0.692. The van der Waals surface area contributed by atoms with Gasteiger partial charge < -0.3 is 5.32 Å². The van der Waals surface area contributed by atoms with Crippen LogP contribution in [-0.2, 0) is 6.42 Å². The maximum absolute atomic E-state index is 3.48. The molecule has 0 amide bonds. The van der Waals surface area contributed by atoms with Crippen LogP contribution >= 0.6 is 11.3 Å². The lowest BCUT2D eigenvalue weighted by molar-refractivity contribution is 0.536. The summed E-state index contributed by atoms with van der Waals surface area (Å²) in [5.74, 6) is 0.768. The molecule has 0 aromatic carbocycles. The van der Waals surface area contributed by atoms with Crippen molar-refractivity contribution in [1.29, 1.82) is 0 Å². The minimum absolute atomic E-state index is 0.768. The van der Waals surface area contributed by atoms with Crippen molar-refractivity contribution in [2.45, 2.75) is 40.0 Å². The van der Waals surface area contributed by atoms with E-state index in [-0.39, 0.29) is 0 Å². The third kappa shape index (κ3) is 5.33. The zero-order valence-electron chi connectivity index (χ0n) is 10.2. The maximum atomic E-state index is 3.48. The molecule has 0 bridgehead atoms. The van der Waals surface area contributed by atoms with Crippen molar-refractivity contribution in [1.82, 2.24) is 5.32 Å². The SMILES string of the molecule is Cc1ccsc1CCCCNCC(C)C. The summed E-state index contributed by atoms with van der Waals surface area (Å²) in [7, 11) is 0. The van der Waals surface area contributed by atoms with Gasteiger partial charge in [-0.2, -0.15) is 0 Å². The number of unbranched alkanes of at least 4 members (excludes halogenated alkanes) is 1. The number of hydrogen-bond acceptors (Lipinski definition) is 2. The number of thiophene rings is 1. The van der Waals surface area contributed by atoms with Crippen LogP contribution in [0.25, 0.3) is 0 Å². The molecule has 0 fully saturated rings. The lowest BCUT2D eigenvalue weighted by atomic mass is 10.1. The van der Waals surface area contributed by atoms with Gasteiger partial charge in [-0.25, -0.2) is 0 Å². The van der Waals surface area contributed by atoms with Crippen LogP contribution in [0, 0.1) is 12.8 Å². The molecule has 0 radical (unpaired) electrons. The lowest BCUT2D eigenvalue weighted by Crippen LogP contribution is -2.20. The Hall–Kier alpha value is -0.340. The van der Waals surface area contributed by atoms with Crippen LogP contribution in [-0.4, -0.2) is 13.1 Å². The normalized spacial score (nSPS) is 11.2. The van der Waals surface area contributed by atoms with Crippen molar-refractivity contribution < 1.29 is 0 Å². The van der Waals surface area contributed by atoms with Gasteiger partial charge in [0.1, 0.15) is 0 Å². The Labute approximate surface area is 97.9 Å². The first-order valence-corrected chi connectivity index (χ1v) is 6.82. The Morgan fingerprint density at radius 3 is 2.73 bits per heavy atom. The molecular formula is C13H23NS. The van der Waals surface area contributed by atoms with Crippen molar-refractivity contribution in [3.8, 4) is 0 Å². The highest BCUT2D eigenvalue weighted by molar-refractivity contribution is 7.10. The standard InChI is InChI=1S/C13H23NS/c1-11(2)10-14-8-5-4-6-13-12(3)7-9-15-13/h7,9,11,14H,4-6,8,10H2,1-3H3. The van der Waals surface area contributed by atoms with Gasteiger partial charge in [-0.1, -0.05) is 13.8 Å². The van der Waals surface area contributed by atoms with Crippen molar-refractivity contribution in [2.75, 3.05) is 13.1 Å². The second kappa shape index (κ2) is 7.02. The summed E-state index contributed by atoms with van der Waals surface area (Å²) in [5, 5.41) is 5.68. The van der Waals surface area contributed by atoms with Crippen LogP contribution in [0.4, 0.5) is 0 Å². The topological polar surface area (TPSA) is 12.0 Å². The molecule has 1 rings (SSSR count). The van der Waals surface area contributed by atoms with Gasteiger partial charge in [-0.3, -0.25) is 0 Å². The molecule has 0 saturated heterocycles. The summed E-state index contributed by atoms with van der Waals surface area (Å²) in [4.78, 5) is 1.57. The quantitative estimate of drug-likeness (QED) is 0.699. The Kier molecular flexibility index (Phi) is 5.96. The molecule has 0 saturated carbocycles. The van der Waals surface area contributed by atoms with E-state index in [0.717, 1.165) is 12.5 Å². The van der Waals surface area contributed by atoms with Crippen LogP contribution in [0.1, 0.15) is 37.1 Å². The monoisotopic (exact) mass is 225 g/mol. The van der Waals surface area contributed by atoms with Gasteiger partial charge in [0.25, 0.3) is 0 Å². The first kappa shape index (κ1) is 12.7. The van der Waals surface area contributed by atoms with E-state index in [1.807, 2.05) is 11.3 Å². The summed E-state index contributed by atoms with van der Waals surface area (Å²) < 4.78 is 0. The maximum Gasteiger partial charge on any atom is 0.00744 e. The average molecular weight is 225 g/mol. The first-order chi connectivity index (χ1) is 7.20. The van der Waals surface area contributed by atoms with Gasteiger partial charge >= 0.3 is 0 Å². The van der Waals surface area contributed by atoms with Crippen molar-refractivity contribution >= 4 is 11.3 Å². The molecule has 1 heterocycles. The van der Waals surface area contributed by atoms with Crippen LogP contribution in [0.5, 0.6) is 0 Å². The molecular weight excluding hydrogens is 202 g/mol. The van der Waals surface area contributed by atoms with Crippen molar-refractivity contribution in [3.63, 3.8) is 0 Å². The van der Waals surface area contributed by atoms with E-state index in [2.05, 4.69) is 37.5 Å². The molecule has 86 valence electrons. The summed E-state index contributed by atoms with van der Waals surface area (Å²) >= 11 is 1.90. The molecule has 0 aliphatic heterocycles. The van der Waals surface area contributed by atoms with E-state index in [1.165, 1.54) is 31.4 Å². The van der Waals surface area contributed by atoms with E-state index < -0.39 is 0 Å². The predicted molar refractivity (Wildman–Crippen MR) is 69.7 cm³/mol. The summed E-state index contributed by atoms with van der Waals surface area (Å²) in [6.07, 6.45) is 3.86. The minimum Gasteiger partial charge on any atom is -0.316 e. The number of hydrogen-bond donors (Lipinski definition) is 1. The number of nitrogens with one attached hydrogen (secondary N) is 1. The Morgan fingerprint density at radius 1 is 1.33 bits per heavy atom. The molecule has 0 atom stereocenters. The van der Waals surface area contributed by atoms with E-state index >= 15 is 0 Å². The zero-order chi connectivity index (χ0) is 11.1. The number of aryl methyl sites for hydroxylation is 2. The minimum atomic E-state index is 0.768. The van der Waals surface area contributed by atoms with E-state index in [1.54, 1.807) is 4.88 Å². The molecule has 0 spiro atoms. The lowest BCUT2D eigenvalue weighted by Gasteiger charge is -2.06. The second-order valence-electron chi connectivity index (χ2n) is 4.58. The Balaban J connectivity index is 2.00. The second-order valence-corrected chi connectivity index (χ2v) is 5.58. The van der Waals surface area contributed by atoms with Crippen LogP contribution < -0.4 is 5.32 Å². The molecule has 15 heavy (non-hydrogen) atoms. The third-order valence-electron chi connectivity index (χ3n) is 2.53. The third-order valence-corrected chi connectivity index (χ3v) is 3.61. The molecule has 0 aliphatic carbocycles. The average Bonchev–Trinajstić information content (AvgIpc) is 2.57. The largest absolute Gasteiger partial charge is 0.316 e. The molecule has 1 aromatic rings. The summed E-state index contributed by atoms with van der Waals surface area (Å²) in [5.41, 5.74) is 1.47. The van der Waals surface area contributed by atoms with Gasteiger partial charge in [-0.15, -0.1) is 11.3 Å². The van der Waals surface area contributed by atoms with Crippen LogP contribution in [0.2, 0.25) is 0 Å². The molecule has 2 heteroatoms. The smallest absolute Gasteiger partial charge is 0.00744 e. The first-order valence-electron chi connectivity index (χ1n) is 5.94. The highest BCUT2D eigenvalue weighted by Crippen LogP contribution is 2.17.